The summed E-state index contributed by atoms with van der Waals surface area (Å²) in [4.78, 5) is 10.1. The minimum atomic E-state index is -3.44. The Morgan fingerprint density at radius 3 is 2.20 bits per heavy atom. The van der Waals surface area contributed by atoms with E-state index >= 15 is 0 Å². The van der Waals surface area contributed by atoms with Crippen LogP contribution in [0.1, 0.15) is 44.1 Å². The van der Waals surface area contributed by atoms with Gasteiger partial charge in [-0.05, 0) is 18.4 Å². The van der Waals surface area contributed by atoms with Crippen molar-refractivity contribution in [3.63, 3.8) is 0 Å². The van der Waals surface area contributed by atoms with Crippen LogP contribution in [0.2, 0.25) is 0 Å². The van der Waals surface area contributed by atoms with E-state index in [1.54, 1.807) is 0 Å². The summed E-state index contributed by atoms with van der Waals surface area (Å²) in [6.07, 6.45) is 7.39. The van der Waals surface area contributed by atoms with Crippen LogP contribution in [0.3, 0.4) is 0 Å². The number of halogens is 1. The number of nitrogens with one attached hydrogen (secondary N) is 2. The molecule has 1 fully saturated rings. The molecule has 1 aromatic rings. The summed E-state index contributed by atoms with van der Waals surface area (Å²) in [5, 5.41) is 14.0. The first-order valence-corrected chi connectivity index (χ1v) is 10.1. The zero-order valence-corrected chi connectivity index (χ0v) is 15.8. The molecule has 1 aromatic carbocycles. The van der Waals surface area contributed by atoms with Gasteiger partial charge < -0.3 is 5.32 Å². The van der Waals surface area contributed by atoms with Crippen LogP contribution in [0.15, 0.2) is 24.3 Å². The van der Waals surface area contributed by atoms with Gasteiger partial charge in [0.2, 0.25) is 10.0 Å². The highest BCUT2D eigenvalue weighted by Crippen LogP contribution is 2.17. The first-order chi connectivity index (χ1) is 11.5. The molecule has 0 aromatic heterocycles. The first-order valence-electron chi connectivity index (χ1n) is 8.40. The van der Waals surface area contributed by atoms with Gasteiger partial charge in [0.25, 0.3) is 5.69 Å². The molecule has 25 heavy (non-hydrogen) atoms. The summed E-state index contributed by atoms with van der Waals surface area (Å²) in [5.74, 6) is -0.172. The predicted molar refractivity (Wildman–Crippen MR) is 100 cm³/mol. The highest BCUT2D eigenvalue weighted by Gasteiger charge is 2.14. The molecule has 1 saturated carbocycles. The number of rotatable bonds is 8. The van der Waals surface area contributed by atoms with Gasteiger partial charge in [-0.25, -0.2) is 13.1 Å². The minimum Gasteiger partial charge on any atom is -0.313 e. The Morgan fingerprint density at radius 1 is 1.04 bits per heavy atom. The fourth-order valence-corrected chi connectivity index (χ4v) is 4.10. The average molecular weight is 392 g/mol. The molecular formula is C16H26ClN3O4S. The predicted octanol–water partition coefficient (Wildman–Crippen LogP) is 2.75. The fourth-order valence-electron chi connectivity index (χ4n) is 2.95. The van der Waals surface area contributed by atoms with Crippen molar-refractivity contribution >= 4 is 28.1 Å². The van der Waals surface area contributed by atoms with Gasteiger partial charge in [-0.2, -0.15) is 0 Å². The van der Waals surface area contributed by atoms with Crippen molar-refractivity contribution in [1.82, 2.24) is 10.0 Å². The van der Waals surface area contributed by atoms with E-state index in [9.17, 15) is 18.5 Å². The van der Waals surface area contributed by atoms with Crippen molar-refractivity contribution in [3.8, 4) is 0 Å². The van der Waals surface area contributed by atoms with E-state index in [0.717, 1.165) is 12.8 Å². The van der Waals surface area contributed by atoms with Crippen molar-refractivity contribution in [2.45, 2.75) is 50.3 Å². The van der Waals surface area contributed by atoms with Gasteiger partial charge in [-0.1, -0.05) is 37.8 Å². The first kappa shape index (κ1) is 21.8. The molecule has 1 aliphatic carbocycles. The number of nitrogens with zero attached hydrogens (tertiary/aromatic N) is 1. The number of nitro benzene ring substituents is 1. The van der Waals surface area contributed by atoms with Gasteiger partial charge in [0.05, 0.1) is 10.7 Å². The van der Waals surface area contributed by atoms with Crippen LogP contribution in [0.5, 0.6) is 0 Å². The summed E-state index contributed by atoms with van der Waals surface area (Å²) in [7, 11) is -3.44. The van der Waals surface area contributed by atoms with E-state index in [4.69, 9.17) is 0 Å². The van der Waals surface area contributed by atoms with Crippen LogP contribution in [0, 0.1) is 10.1 Å². The number of hydrogen-bond acceptors (Lipinski definition) is 5. The third-order valence-electron chi connectivity index (χ3n) is 4.24. The SMILES string of the molecule is Cl.O=[N+]([O-])c1ccc(CS(=O)(=O)NCCNC2CCCCCC2)cc1. The number of nitro groups is 1. The summed E-state index contributed by atoms with van der Waals surface area (Å²) in [5.41, 5.74) is 0.488. The van der Waals surface area contributed by atoms with Crippen molar-refractivity contribution in [3.05, 3.63) is 39.9 Å². The molecule has 142 valence electrons. The van der Waals surface area contributed by atoms with Crippen LogP contribution in [-0.4, -0.2) is 32.5 Å². The van der Waals surface area contributed by atoms with E-state index in [-0.39, 0.29) is 23.8 Å². The van der Waals surface area contributed by atoms with Crippen molar-refractivity contribution < 1.29 is 13.3 Å². The number of hydrogen-bond donors (Lipinski definition) is 2. The van der Waals surface area contributed by atoms with Crippen LogP contribution in [-0.2, 0) is 15.8 Å². The molecule has 0 atom stereocenters. The molecule has 0 bridgehead atoms. The van der Waals surface area contributed by atoms with E-state index in [1.807, 2.05) is 0 Å². The molecule has 0 heterocycles. The van der Waals surface area contributed by atoms with E-state index in [0.29, 0.717) is 24.7 Å². The standard InChI is InChI=1S/C16H25N3O4S.ClH/c20-19(21)16-9-7-14(8-10-16)13-24(22,23)18-12-11-17-15-5-3-1-2-4-6-15;/h7-10,15,17-18H,1-6,11-13H2;1H. The van der Waals surface area contributed by atoms with Gasteiger partial charge in [0.1, 0.15) is 0 Å². The molecule has 0 amide bonds. The zero-order valence-electron chi connectivity index (χ0n) is 14.1. The largest absolute Gasteiger partial charge is 0.313 e. The van der Waals surface area contributed by atoms with Crippen LogP contribution in [0.4, 0.5) is 5.69 Å². The van der Waals surface area contributed by atoms with Crippen molar-refractivity contribution in [2.75, 3.05) is 13.1 Å². The zero-order chi connectivity index (χ0) is 17.4. The Hall–Kier alpha value is -1.22. The Bertz CT molecular complexity index is 629. The number of non-ortho nitro benzene ring substituents is 1. The van der Waals surface area contributed by atoms with Gasteiger partial charge in [-0.15, -0.1) is 12.4 Å². The molecule has 0 radical (unpaired) electrons. The summed E-state index contributed by atoms with van der Waals surface area (Å²) in [6, 6.07) is 6.07. The second-order valence-electron chi connectivity index (χ2n) is 6.22. The summed E-state index contributed by atoms with van der Waals surface area (Å²) >= 11 is 0. The van der Waals surface area contributed by atoms with Gasteiger partial charge >= 0.3 is 0 Å². The van der Waals surface area contributed by atoms with Gasteiger partial charge in [0.15, 0.2) is 0 Å². The Labute approximate surface area is 155 Å². The molecule has 2 rings (SSSR count). The monoisotopic (exact) mass is 391 g/mol. The van der Waals surface area contributed by atoms with Crippen LogP contribution in [0.25, 0.3) is 0 Å². The van der Waals surface area contributed by atoms with Crippen LogP contribution >= 0.6 is 12.4 Å². The highest BCUT2D eigenvalue weighted by atomic mass is 35.5. The van der Waals surface area contributed by atoms with Crippen molar-refractivity contribution in [1.29, 1.82) is 0 Å². The Balaban J connectivity index is 0.00000312. The normalized spacial score (nSPS) is 16.0. The third-order valence-corrected chi connectivity index (χ3v) is 5.60. The lowest BCUT2D eigenvalue weighted by atomic mass is 10.1. The maximum Gasteiger partial charge on any atom is 0.269 e. The second kappa shape index (κ2) is 10.7. The lowest BCUT2D eigenvalue weighted by Crippen LogP contribution is -2.37. The molecular weight excluding hydrogens is 366 g/mol. The summed E-state index contributed by atoms with van der Waals surface area (Å²) < 4.78 is 26.7. The molecule has 1 aliphatic rings. The molecule has 0 aliphatic heterocycles. The summed E-state index contributed by atoms with van der Waals surface area (Å²) in [6.45, 7) is 0.968. The highest BCUT2D eigenvalue weighted by molar-refractivity contribution is 7.88. The molecule has 9 heteroatoms. The maximum atomic E-state index is 12.1. The number of sulfonamides is 1. The molecule has 7 nitrogen and oxygen atoms in total. The van der Waals surface area contributed by atoms with Crippen molar-refractivity contribution in [2.24, 2.45) is 0 Å². The Kier molecular flexibility index (Phi) is 9.34. The van der Waals surface area contributed by atoms with Gasteiger partial charge in [-0.3, -0.25) is 10.1 Å². The van der Waals surface area contributed by atoms with E-state index in [1.165, 1.54) is 49.9 Å². The lowest BCUT2D eigenvalue weighted by Gasteiger charge is -2.16. The molecule has 0 unspecified atom stereocenters. The quantitative estimate of drug-likeness (QED) is 0.307. The third kappa shape index (κ3) is 8.13. The van der Waals surface area contributed by atoms with Gasteiger partial charge in [0, 0.05) is 31.3 Å². The fraction of sp³-hybridized carbons (Fsp3) is 0.625. The smallest absolute Gasteiger partial charge is 0.269 e. The molecule has 0 spiro atoms. The topological polar surface area (TPSA) is 101 Å². The molecule has 2 N–H and O–H groups in total. The lowest BCUT2D eigenvalue weighted by molar-refractivity contribution is -0.384. The van der Waals surface area contributed by atoms with Crippen LogP contribution < -0.4 is 10.0 Å². The average Bonchev–Trinajstić information content (AvgIpc) is 2.80. The maximum absolute atomic E-state index is 12.1. The Morgan fingerprint density at radius 2 is 1.64 bits per heavy atom. The molecule has 0 saturated heterocycles. The number of benzene rings is 1. The van der Waals surface area contributed by atoms with E-state index < -0.39 is 14.9 Å². The minimum absolute atomic E-state index is 0. The van der Waals surface area contributed by atoms with E-state index in [2.05, 4.69) is 10.0 Å². The second-order valence-corrected chi connectivity index (χ2v) is 8.03.